The van der Waals surface area contributed by atoms with E-state index < -0.39 is 12.2 Å². The maximum atomic E-state index is 11.8. The molecule has 1 rings (SSSR count). The molecule has 0 aliphatic carbocycles. The molecule has 1 amide bonds. The standard InChI is InChI=1S/C14H19NO3/c1-3-9-15(10-12(2)16)14(17)18-11-13-7-5-4-6-8-13/h3-8,12,16H,1,9-11H2,2H3. The molecule has 4 nitrogen and oxygen atoms in total. The van der Waals surface area contributed by atoms with Crippen molar-refractivity contribution < 1.29 is 14.6 Å². The molecule has 1 aromatic carbocycles. The van der Waals surface area contributed by atoms with Crippen LogP contribution in [-0.2, 0) is 11.3 Å². The van der Waals surface area contributed by atoms with E-state index in [-0.39, 0.29) is 13.2 Å². The molecule has 0 aromatic heterocycles. The second-order valence-corrected chi connectivity index (χ2v) is 4.08. The van der Waals surface area contributed by atoms with E-state index in [9.17, 15) is 9.90 Å². The molecule has 0 spiro atoms. The van der Waals surface area contributed by atoms with Gasteiger partial charge < -0.3 is 14.7 Å². The van der Waals surface area contributed by atoms with Crippen LogP contribution in [-0.4, -0.2) is 35.3 Å². The molecule has 1 aromatic rings. The summed E-state index contributed by atoms with van der Waals surface area (Å²) in [6.07, 6.45) is 0.570. The quantitative estimate of drug-likeness (QED) is 0.786. The molecule has 0 saturated carbocycles. The van der Waals surface area contributed by atoms with Crippen LogP contribution in [0, 0.1) is 0 Å². The van der Waals surface area contributed by atoms with Gasteiger partial charge in [0.15, 0.2) is 0 Å². The van der Waals surface area contributed by atoms with Crippen molar-refractivity contribution in [2.45, 2.75) is 19.6 Å². The van der Waals surface area contributed by atoms with Crippen LogP contribution in [0.25, 0.3) is 0 Å². The summed E-state index contributed by atoms with van der Waals surface area (Å²) in [6.45, 7) is 6.03. The van der Waals surface area contributed by atoms with Crippen molar-refractivity contribution in [1.29, 1.82) is 0 Å². The number of aliphatic hydroxyl groups excluding tert-OH is 1. The Morgan fingerprint density at radius 3 is 2.72 bits per heavy atom. The lowest BCUT2D eigenvalue weighted by Gasteiger charge is -2.21. The van der Waals surface area contributed by atoms with Crippen LogP contribution in [0.1, 0.15) is 12.5 Å². The molecule has 0 fully saturated rings. The number of aliphatic hydroxyl groups is 1. The minimum atomic E-state index is -0.589. The zero-order valence-electron chi connectivity index (χ0n) is 10.6. The van der Waals surface area contributed by atoms with E-state index in [4.69, 9.17) is 4.74 Å². The first-order valence-electron chi connectivity index (χ1n) is 5.88. The zero-order valence-corrected chi connectivity index (χ0v) is 10.6. The molecular formula is C14H19NO3. The van der Waals surface area contributed by atoms with Crippen molar-refractivity contribution in [1.82, 2.24) is 4.90 Å². The lowest BCUT2D eigenvalue weighted by molar-refractivity contribution is 0.0780. The van der Waals surface area contributed by atoms with Crippen LogP contribution >= 0.6 is 0 Å². The Bertz CT molecular complexity index is 376. The van der Waals surface area contributed by atoms with Crippen molar-refractivity contribution >= 4 is 6.09 Å². The van der Waals surface area contributed by atoms with Crippen LogP contribution in [0.15, 0.2) is 43.0 Å². The summed E-state index contributed by atoms with van der Waals surface area (Å²) < 4.78 is 5.17. The van der Waals surface area contributed by atoms with Gasteiger partial charge in [-0.2, -0.15) is 0 Å². The third-order valence-corrected chi connectivity index (χ3v) is 2.30. The number of ether oxygens (including phenoxy) is 1. The van der Waals surface area contributed by atoms with Gasteiger partial charge in [0.25, 0.3) is 0 Å². The molecule has 0 bridgehead atoms. The van der Waals surface area contributed by atoms with Gasteiger partial charge >= 0.3 is 6.09 Å². The van der Waals surface area contributed by atoms with Crippen LogP contribution < -0.4 is 0 Å². The molecule has 1 N–H and O–H groups in total. The number of carbonyl (C=O) groups excluding carboxylic acids is 1. The first-order valence-corrected chi connectivity index (χ1v) is 5.88. The fraction of sp³-hybridized carbons (Fsp3) is 0.357. The Kier molecular flexibility index (Phi) is 5.94. The fourth-order valence-electron chi connectivity index (χ4n) is 1.51. The Hall–Kier alpha value is -1.81. The van der Waals surface area contributed by atoms with Crippen LogP contribution in [0.5, 0.6) is 0 Å². The molecule has 0 aliphatic heterocycles. The number of nitrogens with zero attached hydrogens (tertiary/aromatic N) is 1. The molecule has 1 atom stereocenters. The molecule has 0 heterocycles. The van der Waals surface area contributed by atoms with Gasteiger partial charge in [-0.25, -0.2) is 4.79 Å². The van der Waals surface area contributed by atoms with Gasteiger partial charge in [0, 0.05) is 13.1 Å². The second kappa shape index (κ2) is 7.50. The number of hydrogen-bond acceptors (Lipinski definition) is 3. The number of hydrogen-bond donors (Lipinski definition) is 1. The van der Waals surface area contributed by atoms with Gasteiger partial charge in [0.1, 0.15) is 6.61 Å². The summed E-state index contributed by atoms with van der Waals surface area (Å²) in [5.74, 6) is 0. The first-order chi connectivity index (χ1) is 8.63. The van der Waals surface area contributed by atoms with Gasteiger partial charge in [-0.15, -0.1) is 6.58 Å². The smallest absolute Gasteiger partial charge is 0.410 e. The highest BCUT2D eigenvalue weighted by Gasteiger charge is 2.15. The van der Waals surface area contributed by atoms with E-state index in [1.165, 1.54) is 4.90 Å². The third-order valence-electron chi connectivity index (χ3n) is 2.30. The lowest BCUT2D eigenvalue weighted by atomic mass is 10.2. The van der Waals surface area contributed by atoms with Crippen molar-refractivity contribution in [3.05, 3.63) is 48.6 Å². The SMILES string of the molecule is C=CCN(CC(C)O)C(=O)OCc1ccccc1. The van der Waals surface area contributed by atoms with Crippen LogP contribution in [0.2, 0.25) is 0 Å². The highest BCUT2D eigenvalue weighted by Crippen LogP contribution is 2.04. The van der Waals surface area contributed by atoms with Gasteiger partial charge in [0.05, 0.1) is 6.10 Å². The van der Waals surface area contributed by atoms with Crippen molar-refractivity contribution in [3.8, 4) is 0 Å². The van der Waals surface area contributed by atoms with E-state index in [2.05, 4.69) is 6.58 Å². The zero-order chi connectivity index (χ0) is 13.4. The van der Waals surface area contributed by atoms with Crippen LogP contribution in [0.3, 0.4) is 0 Å². The number of amides is 1. The third kappa shape index (κ3) is 5.01. The molecule has 0 aliphatic rings. The average Bonchev–Trinajstić information content (AvgIpc) is 2.36. The average molecular weight is 249 g/mol. The minimum absolute atomic E-state index is 0.229. The van der Waals surface area contributed by atoms with Gasteiger partial charge in [-0.3, -0.25) is 0 Å². The summed E-state index contributed by atoms with van der Waals surface area (Å²) in [5.41, 5.74) is 0.932. The molecule has 0 saturated heterocycles. The number of rotatable bonds is 6. The maximum Gasteiger partial charge on any atom is 0.410 e. The summed E-state index contributed by atoms with van der Waals surface area (Å²) in [6, 6.07) is 9.46. The Labute approximate surface area is 107 Å². The Balaban J connectivity index is 2.48. The van der Waals surface area contributed by atoms with E-state index in [1.807, 2.05) is 30.3 Å². The molecule has 0 radical (unpaired) electrons. The summed E-state index contributed by atoms with van der Waals surface area (Å²) in [5, 5.41) is 9.30. The molecule has 98 valence electrons. The molecular weight excluding hydrogens is 230 g/mol. The number of carbonyl (C=O) groups is 1. The Morgan fingerprint density at radius 1 is 1.50 bits per heavy atom. The van der Waals surface area contributed by atoms with Gasteiger partial charge in [-0.05, 0) is 12.5 Å². The minimum Gasteiger partial charge on any atom is -0.445 e. The first kappa shape index (κ1) is 14.3. The summed E-state index contributed by atoms with van der Waals surface area (Å²) in [7, 11) is 0. The van der Waals surface area contributed by atoms with Gasteiger partial charge in [0.2, 0.25) is 0 Å². The largest absolute Gasteiger partial charge is 0.445 e. The van der Waals surface area contributed by atoms with Crippen molar-refractivity contribution in [2.24, 2.45) is 0 Å². The predicted molar refractivity (Wildman–Crippen MR) is 70.1 cm³/mol. The summed E-state index contributed by atoms with van der Waals surface area (Å²) in [4.78, 5) is 13.2. The topological polar surface area (TPSA) is 49.8 Å². The maximum absolute atomic E-state index is 11.8. The van der Waals surface area contributed by atoms with E-state index in [0.29, 0.717) is 6.54 Å². The molecule has 1 unspecified atom stereocenters. The van der Waals surface area contributed by atoms with E-state index >= 15 is 0 Å². The highest BCUT2D eigenvalue weighted by molar-refractivity contribution is 5.67. The summed E-state index contributed by atoms with van der Waals surface area (Å²) >= 11 is 0. The van der Waals surface area contributed by atoms with E-state index in [1.54, 1.807) is 13.0 Å². The highest BCUT2D eigenvalue weighted by atomic mass is 16.6. The van der Waals surface area contributed by atoms with Gasteiger partial charge in [-0.1, -0.05) is 36.4 Å². The second-order valence-electron chi connectivity index (χ2n) is 4.08. The monoisotopic (exact) mass is 249 g/mol. The number of benzene rings is 1. The molecule has 4 heteroatoms. The lowest BCUT2D eigenvalue weighted by Crippen LogP contribution is -2.37. The predicted octanol–water partition coefficient (Wildman–Crippen LogP) is 2.19. The van der Waals surface area contributed by atoms with Crippen LogP contribution in [0.4, 0.5) is 4.79 Å². The van der Waals surface area contributed by atoms with Crippen molar-refractivity contribution in [3.63, 3.8) is 0 Å². The van der Waals surface area contributed by atoms with E-state index in [0.717, 1.165) is 5.56 Å². The molecule has 18 heavy (non-hydrogen) atoms. The Morgan fingerprint density at radius 2 is 2.17 bits per heavy atom. The fourth-order valence-corrected chi connectivity index (χ4v) is 1.51. The normalized spacial score (nSPS) is 11.7. The van der Waals surface area contributed by atoms with Crippen molar-refractivity contribution in [2.75, 3.05) is 13.1 Å².